The molecule has 6 heteroatoms. The Morgan fingerprint density at radius 2 is 1.90 bits per heavy atom. The standard InChI is InChI=1S/C15H15NO4S/c1-9-7-21-8-12(9)14(18)16-13(15(19)20)6-10-2-4-11(17)5-3-10/h2-5,7-8,13,17H,6H2,1H3,(H,16,18)(H,19,20)/t13-/m0/s1. The number of carbonyl (C=O) groups is 2. The number of nitrogens with one attached hydrogen (secondary N) is 1. The minimum Gasteiger partial charge on any atom is -0.508 e. The molecule has 0 radical (unpaired) electrons. The maximum Gasteiger partial charge on any atom is 0.326 e. The molecule has 3 N–H and O–H groups in total. The zero-order chi connectivity index (χ0) is 15.4. The van der Waals surface area contributed by atoms with E-state index in [-0.39, 0.29) is 18.1 Å². The lowest BCUT2D eigenvalue weighted by molar-refractivity contribution is -0.139. The maximum absolute atomic E-state index is 12.1. The van der Waals surface area contributed by atoms with Crippen LogP contribution in [0.5, 0.6) is 5.75 Å². The summed E-state index contributed by atoms with van der Waals surface area (Å²) in [4.78, 5) is 23.4. The van der Waals surface area contributed by atoms with Crippen LogP contribution in [0, 0.1) is 6.92 Å². The summed E-state index contributed by atoms with van der Waals surface area (Å²) in [5, 5.41) is 24.5. The normalized spacial score (nSPS) is 11.9. The summed E-state index contributed by atoms with van der Waals surface area (Å²) in [6, 6.07) is 5.22. The molecule has 0 bridgehead atoms. The minimum atomic E-state index is -1.09. The second kappa shape index (κ2) is 6.41. The number of rotatable bonds is 5. The quantitative estimate of drug-likeness (QED) is 0.790. The Hall–Kier alpha value is -2.34. The highest BCUT2D eigenvalue weighted by atomic mass is 32.1. The summed E-state index contributed by atoms with van der Waals surface area (Å²) in [6.45, 7) is 1.81. The highest BCUT2D eigenvalue weighted by Crippen LogP contribution is 2.15. The van der Waals surface area contributed by atoms with Gasteiger partial charge in [0.2, 0.25) is 0 Å². The van der Waals surface area contributed by atoms with Gasteiger partial charge in [-0.2, -0.15) is 11.3 Å². The predicted octanol–water partition coefficient (Wildman–Crippen LogP) is 2.19. The number of carboxylic acid groups (broad SMARTS) is 1. The Kier molecular flexibility index (Phi) is 4.59. The van der Waals surface area contributed by atoms with Crippen LogP contribution in [0.15, 0.2) is 35.0 Å². The summed E-state index contributed by atoms with van der Waals surface area (Å²) < 4.78 is 0. The summed E-state index contributed by atoms with van der Waals surface area (Å²) in [6.07, 6.45) is 0.157. The lowest BCUT2D eigenvalue weighted by Gasteiger charge is -2.14. The van der Waals surface area contributed by atoms with Crippen LogP contribution < -0.4 is 5.32 Å². The highest BCUT2D eigenvalue weighted by molar-refractivity contribution is 7.08. The number of carboxylic acids is 1. The first-order valence-corrected chi connectivity index (χ1v) is 7.26. The molecule has 2 rings (SSSR count). The van der Waals surface area contributed by atoms with Crippen LogP contribution in [-0.4, -0.2) is 28.1 Å². The van der Waals surface area contributed by atoms with Gasteiger partial charge in [0, 0.05) is 11.8 Å². The molecule has 0 spiro atoms. The summed E-state index contributed by atoms with van der Waals surface area (Å²) in [5.74, 6) is -1.37. The fourth-order valence-electron chi connectivity index (χ4n) is 1.90. The minimum absolute atomic E-state index is 0.114. The Bertz CT molecular complexity index is 648. The number of hydrogen-bond donors (Lipinski definition) is 3. The van der Waals surface area contributed by atoms with E-state index in [9.17, 15) is 19.8 Å². The Morgan fingerprint density at radius 1 is 1.24 bits per heavy atom. The summed E-state index contributed by atoms with van der Waals surface area (Å²) in [5.41, 5.74) is 2.05. The smallest absolute Gasteiger partial charge is 0.326 e. The van der Waals surface area contributed by atoms with Crippen molar-refractivity contribution in [2.45, 2.75) is 19.4 Å². The van der Waals surface area contributed by atoms with E-state index in [1.54, 1.807) is 24.4 Å². The van der Waals surface area contributed by atoms with Gasteiger partial charge in [0.1, 0.15) is 11.8 Å². The van der Waals surface area contributed by atoms with Gasteiger partial charge in [0.25, 0.3) is 5.91 Å². The van der Waals surface area contributed by atoms with Crippen molar-refractivity contribution in [2.24, 2.45) is 0 Å². The number of aromatic hydroxyl groups is 1. The number of thiophene rings is 1. The largest absolute Gasteiger partial charge is 0.508 e. The molecule has 21 heavy (non-hydrogen) atoms. The number of phenols is 1. The van der Waals surface area contributed by atoms with Crippen molar-refractivity contribution in [3.05, 3.63) is 51.7 Å². The maximum atomic E-state index is 12.1. The van der Waals surface area contributed by atoms with Gasteiger partial charge >= 0.3 is 5.97 Å². The van der Waals surface area contributed by atoms with Gasteiger partial charge in [-0.05, 0) is 35.6 Å². The van der Waals surface area contributed by atoms with E-state index in [0.29, 0.717) is 5.56 Å². The third kappa shape index (κ3) is 3.82. The van der Waals surface area contributed by atoms with Crippen LogP contribution in [0.2, 0.25) is 0 Å². The van der Waals surface area contributed by atoms with Crippen molar-refractivity contribution in [1.29, 1.82) is 0 Å². The lowest BCUT2D eigenvalue weighted by atomic mass is 10.1. The van der Waals surface area contributed by atoms with Gasteiger partial charge in [-0.3, -0.25) is 4.79 Å². The molecule has 0 fully saturated rings. The molecule has 1 aromatic heterocycles. The SMILES string of the molecule is Cc1cscc1C(=O)N[C@@H](Cc1ccc(O)cc1)C(=O)O. The molecule has 0 saturated carbocycles. The van der Waals surface area contributed by atoms with Crippen LogP contribution in [0.4, 0.5) is 0 Å². The second-order valence-corrected chi connectivity index (χ2v) is 5.45. The van der Waals surface area contributed by atoms with Gasteiger partial charge in [0.05, 0.1) is 5.56 Å². The van der Waals surface area contributed by atoms with Gasteiger partial charge in [0.15, 0.2) is 0 Å². The van der Waals surface area contributed by atoms with E-state index >= 15 is 0 Å². The number of phenolic OH excluding ortho intramolecular Hbond substituents is 1. The molecule has 1 amide bonds. The van der Waals surface area contributed by atoms with E-state index in [1.807, 2.05) is 5.38 Å². The topological polar surface area (TPSA) is 86.6 Å². The fraction of sp³-hybridized carbons (Fsp3) is 0.200. The molecule has 1 atom stereocenters. The summed E-state index contributed by atoms with van der Waals surface area (Å²) >= 11 is 1.40. The van der Waals surface area contributed by atoms with E-state index < -0.39 is 12.0 Å². The van der Waals surface area contributed by atoms with Crippen LogP contribution >= 0.6 is 11.3 Å². The van der Waals surface area contributed by atoms with E-state index in [2.05, 4.69) is 5.32 Å². The number of hydrogen-bond acceptors (Lipinski definition) is 4. The Balaban J connectivity index is 2.09. The molecule has 0 saturated heterocycles. The molecule has 0 unspecified atom stereocenters. The zero-order valence-electron chi connectivity index (χ0n) is 11.4. The molecule has 1 heterocycles. The number of aliphatic carboxylic acids is 1. The molecule has 2 aromatic rings. The molecule has 5 nitrogen and oxygen atoms in total. The number of benzene rings is 1. The molecule has 0 aliphatic carbocycles. The van der Waals surface area contributed by atoms with Crippen molar-refractivity contribution in [3.63, 3.8) is 0 Å². The molecule has 110 valence electrons. The van der Waals surface area contributed by atoms with E-state index in [0.717, 1.165) is 11.1 Å². The molecule has 0 aliphatic rings. The zero-order valence-corrected chi connectivity index (χ0v) is 12.2. The number of carbonyl (C=O) groups excluding carboxylic acids is 1. The van der Waals surface area contributed by atoms with Crippen molar-refractivity contribution >= 4 is 23.2 Å². The monoisotopic (exact) mass is 305 g/mol. The Labute approximate surface area is 125 Å². The first-order chi connectivity index (χ1) is 9.97. The van der Waals surface area contributed by atoms with Gasteiger partial charge in [-0.25, -0.2) is 4.79 Å². The van der Waals surface area contributed by atoms with Crippen LogP contribution in [0.1, 0.15) is 21.5 Å². The molecular weight excluding hydrogens is 290 g/mol. The lowest BCUT2D eigenvalue weighted by Crippen LogP contribution is -2.42. The van der Waals surface area contributed by atoms with Crippen LogP contribution in [-0.2, 0) is 11.2 Å². The third-order valence-corrected chi connectivity index (χ3v) is 3.94. The van der Waals surface area contributed by atoms with E-state index in [1.165, 1.54) is 23.5 Å². The first kappa shape index (κ1) is 15.1. The molecule has 0 aliphatic heterocycles. The van der Waals surface area contributed by atoms with Crippen molar-refractivity contribution in [2.75, 3.05) is 0 Å². The molecule has 1 aromatic carbocycles. The second-order valence-electron chi connectivity index (χ2n) is 4.70. The molecular formula is C15H15NO4S. The van der Waals surface area contributed by atoms with Crippen molar-refractivity contribution in [1.82, 2.24) is 5.32 Å². The number of aryl methyl sites for hydroxylation is 1. The van der Waals surface area contributed by atoms with Gasteiger partial charge < -0.3 is 15.5 Å². The summed E-state index contributed by atoms with van der Waals surface area (Å²) in [7, 11) is 0. The van der Waals surface area contributed by atoms with Gasteiger partial charge in [-0.1, -0.05) is 12.1 Å². The third-order valence-electron chi connectivity index (χ3n) is 3.08. The predicted molar refractivity (Wildman–Crippen MR) is 79.8 cm³/mol. The fourth-order valence-corrected chi connectivity index (χ4v) is 2.73. The average molecular weight is 305 g/mol. The number of amides is 1. The van der Waals surface area contributed by atoms with Crippen molar-refractivity contribution in [3.8, 4) is 5.75 Å². The van der Waals surface area contributed by atoms with Gasteiger partial charge in [-0.15, -0.1) is 0 Å². The average Bonchev–Trinajstić information content (AvgIpc) is 2.86. The Morgan fingerprint density at radius 3 is 2.43 bits per heavy atom. The van der Waals surface area contributed by atoms with Crippen LogP contribution in [0.3, 0.4) is 0 Å². The van der Waals surface area contributed by atoms with E-state index in [4.69, 9.17) is 0 Å². The van der Waals surface area contributed by atoms with Crippen molar-refractivity contribution < 1.29 is 19.8 Å². The first-order valence-electron chi connectivity index (χ1n) is 6.31. The van der Waals surface area contributed by atoms with Crippen LogP contribution in [0.25, 0.3) is 0 Å². The highest BCUT2D eigenvalue weighted by Gasteiger charge is 2.22.